The number of benzene rings is 1. The molecule has 21 heavy (non-hydrogen) atoms. The molecule has 1 aromatic carbocycles. The van der Waals surface area contributed by atoms with Gasteiger partial charge in [0.15, 0.2) is 0 Å². The number of aryl methyl sites for hydroxylation is 1. The summed E-state index contributed by atoms with van der Waals surface area (Å²) in [7, 11) is 0. The zero-order valence-electron chi connectivity index (χ0n) is 13.2. The highest BCUT2D eigenvalue weighted by Crippen LogP contribution is 2.31. The molecule has 0 saturated heterocycles. The van der Waals surface area contributed by atoms with E-state index in [2.05, 4.69) is 48.1 Å². The van der Waals surface area contributed by atoms with Crippen LogP contribution < -0.4 is 10.1 Å². The Balaban J connectivity index is 1.93. The van der Waals surface area contributed by atoms with Gasteiger partial charge in [-0.3, -0.25) is 0 Å². The first-order chi connectivity index (χ1) is 10.2. The molecule has 118 valence electrons. The minimum absolute atomic E-state index is 0.159. The van der Waals surface area contributed by atoms with Crippen LogP contribution in [0.1, 0.15) is 38.7 Å². The topological polar surface area (TPSA) is 30.5 Å². The first kappa shape index (κ1) is 16.8. The Labute approximate surface area is 136 Å². The maximum atomic E-state index is 6.12. The normalized spacial score (nSPS) is 24.7. The fourth-order valence-corrected chi connectivity index (χ4v) is 2.82. The molecule has 1 fully saturated rings. The van der Waals surface area contributed by atoms with Gasteiger partial charge in [0.05, 0.1) is 0 Å². The number of nitrogens with one attached hydrogen (secondary N) is 1. The minimum atomic E-state index is 0.159. The quantitative estimate of drug-likeness (QED) is 0.762. The summed E-state index contributed by atoms with van der Waals surface area (Å²) in [5, 5.41) is 3.55. The molecule has 3 atom stereocenters. The molecule has 0 bridgehead atoms. The van der Waals surface area contributed by atoms with Crippen molar-refractivity contribution in [3.05, 3.63) is 28.2 Å². The maximum absolute atomic E-state index is 6.12. The summed E-state index contributed by atoms with van der Waals surface area (Å²) in [6.45, 7) is 8.25. The second-order valence-corrected chi connectivity index (χ2v) is 6.55. The third-order valence-corrected chi connectivity index (χ3v) is 4.73. The van der Waals surface area contributed by atoms with Gasteiger partial charge in [-0.1, -0.05) is 29.8 Å². The molecule has 1 aliphatic carbocycles. The lowest BCUT2D eigenvalue weighted by molar-refractivity contribution is -0.107. The molecule has 0 radical (unpaired) electrons. The molecular weight excluding hydrogens is 330 g/mol. The monoisotopic (exact) mass is 355 g/mol. The van der Waals surface area contributed by atoms with Crippen LogP contribution in [-0.4, -0.2) is 31.4 Å². The average molecular weight is 356 g/mol. The molecule has 0 amide bonds. The smallest absolute Gasteiger partial charge is 0.128 e. The van der Waals surface area contributed by atoms with Crippen molar-refractivity contribution in [3.8, 4) is 5.75 Å². The molecule has 4 heteroatoms. The van der Waals surface area contributed by atoms with Crippen LogP contribution in [0.25, 0.3) is 0 Å². The summed E-state index contributed by atoms with van der Waals surface area (Å²) in [5.74, 6) is 0.930. The van der Waals surface area contributed by atoms with Gasteiger partial charge in [0.2, 0.25) is 0 Å². The van der Waals surface area contributed by atoms with E-state index in [1.54, 1.807) is 0 Å². The molecule has 0 aromatic heterocycles. The van der Waals surface area contributed by atoms with E-state index < -0.39 is 0 Å². The van der Waals surface area contributed by atoms with Crippen molar-refractivity contribution in [2.45, 2.75) is 58.3 Å². The highest BCUT2D eigenvalue weighted by molar-refractivity contribution is 9.10. The predicted molar refractivity (Wildman–Crippen MR) is 90.0 cm³/mol. The van der Waals surface area contributed by atoms with Gasteiger partial charge in [-0.2, -0.15) is 0 Å². The molecule has 1 N–H and O–H groups in total. The van der Waals surface area contributed by atoms with E-state index in [0.717, 1.165) is 42.6 Å². The molecular formula is C17H26BrNO2. The van der Waals surface area contributed by atoms with Gasteiger partial charge >= 0.3 is 0 Å². The van der Waals surface area contributed by atoms with Crippen molar-refractivity contribution >= 4 is 15.9 Å². The Hall–Kier alpha value is -0.580. The molecule has 3 nitrogen and oxygen atoms in total. The molecule has 0 heterocycles. The summed E-state index contributed by atoms with van der Waals surface area (Å²) in [4.78, 5) is 0. The van der Waals surface area contributed by atoms with Gasteiger partial charge in [0.25, 0.3) is 0 Å². The Bertz CT molecular complexity index is 452. The van der Waals surface area contributed by atoms with Crippen LogP contribution in [0.4, 0.5) is 0 Å². The van der Waals surface area contributed by atoms with Crippen LogP contribution in [0.3, 0.4) is 0 Å². The van der Waals surface area contributed by atoms with Crippen LogP contribution in [0.15, 0.2) is 22.7 Å². The fraction of sp³-hybridized carbons (Fsp3) is 0.647. The molecule has 0 spiro atoms. The lowest BCUT2D eigenvalue weighted by atomic mass is 9.85. The van der Waals surface area contributed by atoms with E-state index in [1.807, 2.05) is 12.1 Å². The number of hydrogen-bond acceptors (Lipinski definition) is 3. The Kier molecular flexibility index (Phi) is 6.52. The van der Waals surface area contributed by atoms with Gasteiger partial charge in [-0.25, -0.2) is 0 Å². The maximum Gasteiger partial charge on any atom is 0.128 e. The van der Waals surface area contributed by atoms with E-state index in [-0.39, 0.29) is 12.2 Å². The van der Waals surface area contributed by atoms with Crippen molar-refractivity contribution in [1.29, 1.82) is 0 Å². The number of hydrogen-bond donors (Lipinski definition) is 1. The van der Waals surface area contributed by atoms with E-state index in [4.69, 9.17) is 9.47 Å². The van der Waals surface area contributed by atoms with Crippen molar-refractivity contribution < 1.29 is 9.47 Å². The largest absolute Gasteiger partial charge is 0.488 e. The van der Waals surface area contributed by atoms with Gasteiger partial charge in [0, 0.05) is 23.5 Å². The van der Waals surface area contributed by atoms with Gasteiger partial charge in [-0.05, 0) is 50.1 Å². The van der Waals surface area contributed by atoms with Crippen LogP contribution in [0, 0.1) is 6.92 Å². The van der Waals surface area contributed by atoms with Crippen molar-refractivity contribution in [2.75, 3.05) is 13.2 Å². The molecule has 1 saturated carbocycles. The Morgan fingerprint density at radius 2 is 2.10 bits per heavy atom. The number of ether oxygens (including phenoxy) is 2. The molecule has 0 aliphatic heterocycles. The predicted octanol–water partition coefficient (Wildman–Crippen LogP) is 4.07. The summed E-state index contributed by atoms with van der Waals surface area (Å²) in [6.07, 6.45) is 3.53. The first-order valence-corrected chi connectivity index (χ1v) is 8.72. The molecule has 3 unspecified atom stereocenters. The zero-order chi connectivity index (χ0) is 15.2. The Morgan fingerprint density at radius 3 is 2.76 bits per heavy atom. The van der Waals surface area contributed by atoms with E-state index >= 15 is 0 Å². The second kappa shape index (κ2) is 8.16. The average Bonchev–Trinajstić information content (AvgIpc) is 2.46. The van der Waals surface area contributed by atoms with Crippen molar-refractivity contribution in [1.82, 2.24) is 5.32 Å². The summed E-state index contributed by atoms with van der Waals surface area (Å²) < 4.78 is 13.2. The van der Waals surface area contributed by atoms with Crippen LogP contribution in [0.2, 0.25) is 0 Å². The van der Waals surface area contributed by atoms with Gasteiger partial charge in [-0.15, -0.1) is 0 Å². The van der Waals surface area contributed by atoms with E-state index in [0.29, 0.717) is 6.04 Å². The molecule has 1 aromatic rings. The summed E-state index contributed by atoms with van der Waals surface area (Å²) in [6, 6.07) is 6.56. The van der Waals surface area contributed by atoms with Crippen LogP contribution in [-0.2, 0) is 4.74 Å². The molecule has 2 rings (SSSR count). The van der Waals surface area contributed by atoms with Crippen molar-refractivity contribution in [2.24, 2.45) is 0 Å². The number of rotatable bonds is 8. The number of halogens is 1. The fourth-order valence-electron chi connectivity index (χ4n) is 2.57. The SMILES string of the molecule is CCCNC1CC(Oc2ccc(Br)c(C)c2)C1OCCC. The third kappa shape index (κ3) is 4.44. The van der Waals surface area contributed by atoms with Crippen LogP contribution >= 0.6 is 15.9 Å². The highest BCUT2D eigenvalue weighted by Gasteiger charge is 2.43. The summed E-state index contributed by atoms with van der Waals surface area (Å²) in [5.41, 5.74) is 1.19. The first-order valence-electron chi connectivity index (χ1n) is 7.93. The minimum Gasteiger partial charge on any atom is -0.488 e. The third-order valence-electron chi connectivity index (χ3n) is 3.84. The van der Waals surface area contributed by atoms with E-state index in [1.165, 1.54) is 5.56 Å². The second-order valence-electron chi connectivity index (χ2n) is 5.70. The van der Waals surface area contributed by atoms with Gasteiger partial charge in [0.1, 0.15) is 18.0 Å². The van der Waals surface area contributed by atoms with Crippen LogP contribution in [0.5, 0.6) is 5.75 Å². The lowest BCUT2D eigenvalue weighted by Gasteiger charge is -2.44. The van der Waals surface area contributed by atoms with Gasteiger partial charge < -0.3 is 14.8 Å². The zero-order valence-corrected chi connectivity index (χ0v) is 14.8. The lowest BCUT2D eigenvalue weighted by Crippen LogP contribution is -2.61. The van der Waals surface area contributed by atoms with E-state index in [9.17, 15) is 0 Å². The summed E-state index contributed by atoms with van der Waals surface area (Å²) >= 11 is 3.52. The highest BCUT2D eigenvalue weighted by atomic mass is 79.9. The van der Waals surface area contributed by atoms with Crippen molar-refractivity contribution in [3.63, 3.8) is 0 Å². The molecule has 1 aliphatic rings. The Morgan fingerprint density at radius 1 is 1.29 bits per heavy atom. The standard InChI is InChI=1S/C17H26BrNO2/c1-4-8-19-15-11-16(17(15)20-9-5-2)21-13-6-7-14(18)12(3)10-13/h6-7,10,15-17,19H,4-5,8-9,11H2,1-3H3.